The molecule has 5 N–H and O–H groups in total. The first kappa shape index (κ1) is 12.8. The second kappa shape index (κ2) is 5.36. The number of nitrogens with zero attached hydrogens (tertiary/aromatic N) is 4. The van der Waals surface area contributed by atoms with Crippen LogP contribution < -0.4 is 11.5 Å². The Morgan fingerprint density at radius 3 is 2.89 bits per heavy atom. The Balaban J connectivity index is 2.20. The summed E-state index contributed by atoms with van der Waals surface area (Å²) in [5.41, 5.74) is 11.5. The first-order valence-electron chi connectivity index (χ1n) is 5.01. The van der Waals surface area contributed by atoms with Crippen molar-refractivity contribution in [1.29, 1.82) is 0 Å². The lowest BCUT2D eigenvalue weighted by atomic mass is 10.2. The second-order valence-corrected chi connectivity index (χ2v) is 3.87. The van der Waals surface area contributed by atoms with Crippen molar-refractivity contribution in [2.45, 2.75) is 0 Å². The minimum absolute atomic E-state index is 0.0158. The van der Waals surface area contributed by atoms with Crippen LogP contribution in [0.15, 0.2) is 33.0 Å². The summed E-state index contributed by atoms with van der Waals surface area (Å²) < 4.78 is 4.37. The number of hydrogen-bond acceptors (Lipinski definition) is 7. The van der Waals surface area contributed by atoms with Gasteiger partial charge in [0, 0.05) is 10.6 Å². The highest BCUT2D eigenvalue weighted by molar-refractivity contribution is 6.30. The molecule has 8 nitrogen and oxygen atoms in total. The van der Waals surface area contributed by atoms with Crippen molar-refractivity contribution in [3.8, 4) is 5.75 Å². The van der Waals surface area contributed by atoms with Gasteiger partial charge >= 0.3 is 0 Å². The molecule has 1 aromatic carbocycles. The van der Waals surface area contributed by atoms with Crippen LogP contribution >= 0.6 is 11.6 Å². The summed E-state index contributed by atoms with van der Waals surface area (Å²) in [6, 6.07) is 4.52. The van der Waals surface area contributed by atoms with Crippen molar-refractivity contribution in [3.63, 3.8) is 0 Å². The molecule has 0 amide bonds. The molecule has 2 aromatic rings. The number of benzene rings is 1. The Hall–Kier alpha value is -2.61. The maximum Gasteiger partial charge on any atom is 0.199 e. The second-order valence-electron chi connectivity index (χ2n) is 3.43. The van der Waals surface area contributed by atoms with Crippen LogP contribution in [-0.2, 0) is 0 Å². The van der Waals surface area contributed by atoms with Crippen LogP contribution in [0.5, 0.6) is 5.75 Å². The lowest BCUT2D eigenvalue weighted by Gasteiger charge is -1.97. The third-order valence-corrected chi connectivity index (χ3v) is 2.34. The summed E-state index contributed by atoms with van der Waals surface area (Å²) in [6.07, 6.45) is 1.29. The third-order valence-electron chi connectivity index (χ3n) is 2.11. The fourth-order valence-corrected chi connectivity index (χ4v) is 1.38. The van der Waals surface area contributed by atoms with Gasteiger partial charge in [0.1, 0.15) is 5.75 Å². The first-order chi connectivity index (χ1) is 9.08. The van der Waals surface area contributed by atoms with E-state index in [4.69, 9.17) is 23.1 Å². The van der Waals surface area contributed by atoms with E-state index in [-0.39, 0.29) is 23.1 Å². The molecule has 0 atom stereocenters. The van der Waals surface area contributed by atoms with Crippen LogP contribution in [0.3, 0.4) is 0 Å². The van der Waals surface area contributed by atoms with Crippen LogP contribution in [0.1, 0.15) is 11.3 Å². The lowest BCUT2D eigenvalue weighted by molar-refractivity contribution is 0.308. The third kappa shape index (κ3) is 2.99. The SMILES string of the molecule is N/C(=N/N=C\c1cc(Cl)ccc1O)c1nonc1N. The van der Waals surface area contributed by atoms with E-state index >= 15 is 0 Å². The molecule has 0 radical (unpaired) electrons. The summed E-state index contributed by atoms with van der Waals surface area (Å²) in [7, 11) is 0. The minimum Gasteiger partial charge on any atom is -0.507 e. The summed E-state index contributed by atoms with van der Waals surface area (Å²) >= 11 is 5.78. The molecule has 0 aliphatic carbocycles. The monoisotopic (exact) mass is 280 g/mol. The minimum atomic E-state index is -0.0588. The summed E-state index contributed by atoms with van der Waals surface area (Å²) in [5, 5.41) is 24.2. The van der Waals surface area contributed by atoms with E-state index in [2.05, 4.69) is 25.1 Å². The van der Waals surface area contributed by atoms with Gasteiger partial charge in [0.15, 0.2) is 17.3 Å². The van der Waals surface area contributed by atoms with Crippen LogP contribution in [0, 0.1) is 0 Å². The van der Waals surface area contributed by atoms with Crippen molar-refractivity contribution < 1.29 is 9.74 Å². The highest BCUT2D eigenvalue weighted by Crippen LogP contribution is 2.19. The van der Waals surface area contributed by atoms with Crippen LogP contribution in [-0.4, -0.2) is 27.5 Å². The smallest absolute Gasteiger partial charge is 0.199 e. The molecule has 0 saturated heterocycles. The highest BCUT2D eigenvalue weighted by atomic mass is 35.5. The maximum absolute atomic E-state index is 9.54. The molecule has 1 heterocycles. The zero-order chi connectivity index (χ0) is 13.8. The summed E-state index contributed by atoms with van der Waals surface area (Å²) in [4.78, 5) is 0. The number of phenols is 1. The van der Waals surface area contributed by atoms with Crippen molar-refractivity contribution >= 4 is 29.5 Å². The van der Waals surface area contributed by atoms with Gasteiger partial charge in [-0.3, -0.25) is 0 Å². The van der Waals surface area contributed by atoms with E-state index < -0.39 is 0 Å². The molecule has 0 aliphatic rings. The number of nitrogen functional groups attached to an aromatic ring is 1. The topological polar surface area (TPSA) is 136 Å². The van der Waals surface area contributed by atoms with E-state index in [9.17, 15) is 5.11 Å². The van der Waals surface area contributed by atoms with Gasteiger partial charge in [-0.2, -0.15) is 5.10 Å². The Labute approximate surface area is 112 Å². The van der Waals surface area contributed by atoms with Gasteiger partial charge < -0.3 is 16.6 Å². The van der Waals surface area contributed by atoms with E-state index in [1.54, 1.807) is 6.07 Å². The molecule has 0 fully saturated rings. The standard InChI is InChI=1S/C10H9ClN6O2/c11-6-1-2-7(18)5(3-6)4-14-15-9(12)8-10(13)17-19-16-8/h1-4,18H,(H2,12,15)(H2,13,17)/b14-4-. The molecule has 1 aromatic heterocycles. The van der Waals surface area contributed by atoms with Crippen LogP contribution in [0.2, 0.25) is 5.02 Å². The molecule has 0 unspecified atom stereocenters. The Morgan fingerprint density at radius 2 is 2.21 bits per heavy atom. The number of nitrogens with two attached hydrogens (primary N) is 2. The largest absolute Gasteiger partial charge is 0.507 e. The number of amidine groups is 1. The first-order valence-corrected chi connectivity index (χ1v) is 5.39. The van der Waals surface area contributed by atoms with E-state index in [1.165, 1.54) is 18.3 Å². The van der Waals surface area contributed by atoms with Gasteiger partial charge in [-0.1, -0.05) is 11.6 Å². The zero-order valence-corrected chi connectivity index (χ0v) is 10.2. The van der Waals surface area contributed by atoms with Crippen molar-refractivity contribution in [2.24, 2.45) is 15.9 Å². The Morgan fingerprint density at radius 1 is 1.42 bits per heavy atom. The molecule has 0 saturated carbocycles. The van der Waals surface area contributed by atoms with Gasteiger partial charge in [-0.05, 0) is 28.5 Å². The van der Waals surface area contributed by atoms with Crippen molar-refractivity contribution in [2.75, 3.05) is 5.73 Å². The number of phenolic OH excluding ortho intramolecular Hbond substituents is 1. The van der Waals surface area contributed by atoms with Gasteiger partial charge in [-0.25, -0.2) is 4.63 Å². The van der Waals surface area contributed by atoms with Crippen molar-refractivity contribution in [1.82, 2.24) is 10.3 Å². The molecule has 19 heavy (non-hydrogen) atoms. The predicted molar refractivity (Wildman–Crippen MR) is 70.1 cm³/mol. The molecule has 98 valence electrons. The van der Waals surface area contributed by atoms with Gasteiger partial charge in [0.05, 0.1) is 6.21 Å². The van der Waals surface area contributed by atoms with Crippen molar-refractivity contribution in [3.05, 3.63) is 34.5 Å². The maximum atomic E-state index is 9.54. The van der Waals surface area contributed by atoms with E-state index in [1.807, 2.05) is 0 Å². The number of aromatic nitrogens is 2. The molecule has 0 spiro atoms. The van der Waals surface area contributed by atoms with Crippen LogP contribution in [0.4, 0.5) is 5.82 Å². The van der Waals surface area contributed by atoms with E-state index in [0.717, 1.165) is 0 Å². The van der Waals surface area contributed by atoms with E-state index in [0.29, 0.717) is 10.6 Å². The number of halogens is 1. The highest BCUT2D eigenvalue weighted by Gasteiger charge is 2.09. The zero-order valence-electron chi connectivity index (χ0n) is 9.49. The summed E-state index contributed by atoms with van der Waals surface area (Å²) in [6.45, 7) is 0. The molecule has 0 aliphatic heterocycles. The Bertz CT molecular complexity index is 651. The molecule has 9 heteroatoms. The number of hydrogen-bond donors (Lipinski definition) is 3. The van der Waals surface area contributed by atoms with Gasteiger partial charge in [-0.15, -0.1) is 5.10 Å². The average molecular weight is 281 g/mol. The Kier molecular flexibility index (Phi) is 3.62. The van der Waals surface area contributed by atoms with Gasteiger partial charge in [0.25, 0.3) is 0 Å². The molecule has 0 bridgehead atoms. The number of rotatable bonds is 3. The molecular weight excluding hydrogens is 272 g/mol. The quantitative estimate of drug-likeness (QED) is 0.431. The van der Waals surface area contributed by atoms with Crippen LogP contribution in [0.25, 0.3) is 0 Å². The van der Waals surface area contributed by atoms with Gasteiger partial charge in [0.2, 0.25) is 0 Å². The fraction of sp³-hybridized carbons (Fsp3) is 0. The predicted octanol–water partition coefficient (Wildman–Crippen LogP) is 0.750. The molecular formula is C10H9ClN6O2. The summed E-state index contributed by atoms with van der Waals surface area (Å²) in [5.74, 6) is -0.0249. The number of anilines is 1. The molecule has 2 rings (SSSR count). The normalized spacial score (nSPS) is 12.2. The lowest BCUT2D eigenvalue weighted by Crippen LogP contribution is -2.15. The number of aromatic hydroxyl groups is 1. The average Bonchev–Trinajstić information content (AvgIpc) is 2.80. The fourth-order valence-electron chi connectivity index (χ4n) is 1.20.